The Hall–Kier alpha value is -1.91. The highest BCUT2D eigenvalue weighted by Gasteiger charge is 2.19. The molecule has 0 atom stereocenters. The molecule has 5 nitrogen and oxygen atoms in total. The number of aromatic nitrogens is 4. The van der Waals surface area contributed by atoms with Crippen LogP contribution in [0.4, 0.5) is 11.6 Å². The van der Waals surface area contributed by atoms with Crippen LogP contribution in [0.3, 0.4) is 0 Å². The molecule has 5 heteroatoms. The van der Waals surface area contributed by atoms with Gasteiger partial charge in [0.05, 0.1) is 6.20 Å². The first-order valence-corrected chi connectivity index (χ1v) is 7.49. The van der Waals surface area contributed by atoms with Crippen molar-refractivity contribution in [2.75, 3.05) is 5.32 Å². The average Bonchev–Trinajstić information content (AvgIpc) is 3.10. The molecule has 3 rings (SSSR count). The van der Waals surface area contributed by atoms with E-state index in [0.29, 0.717) is 5.92 Å². The summed E-state index contributed by atoms with van der Waals surface area (Å²) in [6.07, 6.45) is 9.16. The Morgan fingerprint density at radius 1 is 1.25 bits per heavy atom. The molecular weight excluding hydrogens is 250 g/mol. The van der Waals surface area contributed by atoms with Gasteiger partial charge >= 0.3 is 0 Å². The van der Waals surface area contributed by atoms with Gasteiger partial charge in [-0.3, -0.25) is 5.10 Å². The van der Waals surface area contributed by atoms with E-state index in [9.17, 15) is 0 Å². The van der Waals surface area contributed by atoms with Crippen molar-refractivity contribution in [2.24, 2.45) is 0 Å². The molecule has 1 aliphatic rings. The standard InChI is InChI=1S/C15H21N5/c1-2-5-11-8-14(19-16-10-11)17-15-9-13(18-20-15)12-6-3-4-7-12/h8-10,12H,2-7H2,1H3,(H2,17,18,19,20). The van der Waals surface area contributed by atoms with E-state index >= 15 is 0 Å². The molecule has 0 saturated heterocycles. The monoisotopic (exact) mass is 271 g/mol. The van der Waals surface area contributed by atoms with Crippen molar-refractivity contribution >= 4 is 11.6 Å². The Morgan fingerprint density at radius 2 is 2.10 bits per heavy atom. The molecule has 0 bridgehead atoms. The zero-order valence-corrected chi connectivity index (χ0v) is 11.9. The first-order valence-electron chi connectivity index (χ1n) is 7.49. The third-order valence-electron chi connectivity index (χ3n) is 3.90. The van der Waals surface area contributed by atoms with E-state index in [4.69, 9.17) is 0 Å². The van der Waals surface area contributed by atoms with Crippen molar-refractivity contribution < 1.29 is 0 Å². The maximum Gasteiger partial charge on any atom is 0.154 e. The van der Waals surface area contributed by atoms with Crippen LogP contribution in [0.25, 0.3) is 0 Å². The van der Waals surface area contributed by atoms with Gasteiger partial charge in [0, 0.05) is 17.7 Å². The lowest BCUT2D eigenvalue weighted by atomic mass is 10.0. The normalized spacial score (nSPS) is 15.7. The van der Waals surface area contributed by atoms with E-state index in [0.717, 1.165) is 24.5 Å². The van der Waals surface area contributed by atoms with Crippen LogP contribution in [0.15, 0.2) is 18.3 Å². The van der Waals surface area contributed by atoms with Crippen LogP contribution in [0, 0.1) is 0 Å². The molecule has 0 amide bonds. The molecule has 1 aliphatic carbocycles. The number of hydrogen-bond acceptors (Lipinski definition) is 4. The van der Waals surface area contributed by atoms with E-state index in [-0.39, 0.29) is 0 Å². The predicted molar refractivity (Wildman–Crippen MR) is 79.1 cm³/mol. The highest BCUT2D eigenvalue weighted by atomic mass is 15.2. The minimum atomic E-state index is 0.649. The molecule has 2 N–H and O–H groups in total. The summed E-state index contributed by atoms with van der Waals surface area (Å²) in [6, 6.07) is 4.14. The maximum absolute atomic E-state index is 4.33. The second-order valence-electron chi connectivity index (χ2n) is 5.51. The Morgan fingerprint density at radius 3 is 2.90 bits per heavy atom. The third-order valence-corrected chi connectivity index (χ3v) is 3.90. The summed E-state index contributed by atoms with van der Waals surface area (Å²) in [5.41, 5.74) is 2.44. The Labute approximate surface area is 119 Å². The summed E-state index contributed by atoms with van der Waals surface area (Å²) >= 11 is 0. The molecule has 106 valence electrons. The lowest BCUT2D eigenvalue weighted by Gasteiger charge is -2.04. The molecule has 20 heavy (non-hydrogen) atoms. The SMILES string of the molecule is CCCc1cnnc(Nc2cc(C3CCCC3)[nH]n2)c1. The quantitative estimate of drug-likeness (QED) is 0.872. The summed E-state index contributed by atoms with van der Waals surface area (Å²) < 4.78 is 0. The molecule has 2 heterocycles. The van der Waals surface area contributed by atoms with E-state index < -0.39 is 0 Å². The summed E-state index contributed by atoms with van der Waals surface area (Å²) in [5.74, 6) is 2.24. The average molecular weight is 271 g/mol. The summed E-state index contributed by atoms with van der Waals surface area (Å²) in [5, 5.41) is 18.8. The van der Waals surface area contributed by atoms with Crippen molar-refractivity contribution in [3.05, 3.63) is 29.6 Å². The summed E-state index contributed by atoms with van der Waals surface area (Å²) in [7, 11) is 0. The minimum Gasteiger partial charge on any atom is -0.322 e. The lowest BCUT2D eigenvalue weighted by molar-refractivity contribution is 0.693. The molecule has 2 aromatic rings. The number of H-pyrrole nitrogens is 1. The minimum absolute atomic E-state index is 0.649. The van der Waals surface area contributed by atoms with Gasteiger partial charge in [-0.25, -0.2) is 0 Å². The van der Waals surface area contributed by atoms with Crippen LogP contribution in [0.2, 0.25) is 0 Å². The van der Waals surface area contributed by atoms with E-state index in [1.165, 1.54) is 36.9 Å². The van der Waals surface area contributed by atoms with Gasteiger partial charge in [-0.2, -0.15) is 10.2 Å². The van der Waals surface area contributed by atoms with Crippen molar-refractivity contribution in [3.8, 4) is 0 Å². The second kappa shape index (κ2) is 6.03. The zero-order chi connectivity index (χ0) is 13.8. The molecule has 0 radical (unpaired) electrons. The van der Waals surface area contributed by atoms with Crippen LogP contribution in [-0.2, 0) is 6.42 Å². The van der Waals surface area contributed by atoms with Gasteiger partial charge < -0.3 is 5.32 Å². The predicted octanol–water partition coefficient (Wildman–Crippen LogP) is 3.55. The van der Waals surface area contributed by atoms with E-state index in [2.05, 4.69) is 38.7 Å². The Balaban J connectivity index is 1.69. The highest BCUT2D eigenvalue weighted by Crippen LogP contribution is 2.33. The number of rotatable bonds is 5. The van der Waals surface area contributed by atoms with Crippen LogP contribution in [0.1, 0.15) is 56.2 Å². The number of aryl methyl sites for hydroxylation is 1. The highest BCUT2D eigenvalue weighted by molar-refractivity contribution is 5.52. The Bertz CT molecular complexity index is 557. The smallest absolute Gasteiger partial charge is 0.154 e. The molecule has 1 fully saturated rings. The van der Waals surface area contributed by atoms with Gasteiger partial charge in [-0.15, -0.1) is 5.10 Å². The molecule has 1 saturated carbocycles. The van der Waals surface area contributed by atoms with Gasteiger partial charge in [0.1, 0.15) is 0 Å². The fourth-order valence-corrected chi connectivity index (χ4v) is 2.87. The molecule has 0 unspecified atom stereocenters. The summed E-state index contributed by atoms with van der Waals surface area (Å²) in [4.78, 5) is 0. The van der Waals surface area contributed by atoms with Crippen LogP contribution >= 0.6 is 0 Å². The van der Waals surface area contributed by atoms with Crippen molar-refractivity contribution in [1.82, 2.24) is 20.4 Å². The van der Waals surface area contributed by atoms with Gasteiger partial charge in [-0.1, -0.05) is 26.2 Å². The molecule has 0 spiro atoms. The van der Waals surface area contributed by atoms with Crippen LogP contribution in [0.5, 0.6) is 0 Å². The number of anilines is 2. The fourth-order valence-electron chi connectivity index (χ4n) is 2.87. The van der Waals surface area contributed by atoms with Crippen LogP contribution < -0.4 is 5.32 Å². The Kier molecular flexibility index (Phi) is 3.95. The number of nitrogens with zero attached hydrogens (tertiary/aromatic N) is 3. The molecule has 2 aromatic heterocycles. The molecular formula is C15H21N5. The fraction of sp³-hybridized carbons (Fsp3) is 0.533. The van der Waals surface area contributed by atoms with Crippen LogP contribution in [-0.4, -0.2) is 20.4 Å². The van der Waals surface area contributed by atoms with Gasteiger partial charge in [0.25, 0.3) is 0 Å². The van der Waals surface area contributed by atoms with Gasteiger partial charge in [0.2, 0.25) is 0 Å². The molecule has 0 aromatic carbocycles. The molecule has 0 aliphatic heterocycles. The van der Waals surface area contributed by atoms with Crippen molar-refractivity contribution in [2.45, 2.75) is 51.4 Å². The van der Waals surface area contributed by atoms with Gasteiger partial charge in [0.15, 0.2) is 11.6 Å². The first-order chi connectivity index (χ1) is 9.85. The second-order valence-corrected chi connectivity index (χ2v) is 5.51. The maximum atomic E-state index is 4.33. The van der Waals surface area contributed by atoms with E-state index in [1.807, 2.05) is 12.3 Å². The largest absolute Gasteiger partial charge is 0.322 e. The van der Waals surface area contributed by atoms with Crippen molar-refractivity contribution in [1.29, 1.82) is 0 Å². The first kappa shape index (κ1) is 13.1. The lowest BCUT2D eigenvalue weighted by Crippen LogP contribution is -1.97. The van der Waals surface area contributed by atoms with Crippen molar-refractivity contribution in [3.63, 3.8) is 0 Å². The zero-order valence-electron chi connectivity index (χ0n) is 11.9. The number of hydrogen-bond donors (Lipinski definition) is 2. The third kappa shape index (κ3) is 2.98. The van der Waals surface area contributed by atoms with Gasteiger partial charge in [-0.05, 0) is 30.9 Å². The van der Waals surface area contributed by atoms with E-state index in [1.54, 1.807) is 0 Å². The number of nitrogens with one attached hydrogen (secondary N) is 2. The number of aromatic amines is 1. The summed E-state index contributed by atoms with van der Waals surface area (Å²) in [6.45, 7) is 2.16. The topological polar surface area (TPSA) is 66.5 Å².